The summed E-state index contributed by atoms with van der Waals surface area (Å²) in [6.07, 6.45) is -4.34. The van der Waals surface area contributed by atoms with Gasteiger partial charge >= 0.3 is 12.1 Å². The number of aliphatic carboxylic acids is 1. The molecule has 6 nitrogen and oxygen atoms in total. The van der Waals surface area contributed by atoms with Crippen molar-refractivity contribution in [1.29, 1.82) is 0 Å². The highest BCUT2D eigenvalue weighted by Gasteiger charge is 2.41. The zero-order valence-electron chi connectivity index (χ0n) is 16.2. The van der Waals surface area contributed by atoms with Crippen molar-refractivity contribution in [2.24, 2.45) is 0 Å². The number of carboxylic acid groups (broad SMARTS) is 1. The van der Waals surface area contributed by atoms with Gasteiger partial charge in [-0.3, -0.25) is 9.48 Å². The SMILES string of the molecule is O=C(O)Cn1nc(C(F)(F)F)c2ccc(NC3(c4c(F)ccc(Cl)c4Cl)CCNC3)cc21. The summed E-state index contributed by atoms with van der Waals surface area (Å²) in [6.45, 7) is 0.0639. The van der Waals surface area contributed by atoms with E-state index < -0.39 is 35.7 Å². The van der Waals surface area contributed by atoms with Gasteiger partial charge in [0.2, 0.25) is 0 Å². The van der Waals surface area contributed by atoms with E-state index in [9.17, 15) is 22.4 Å². The molecule has 1 fully saturated rings. The van der Waals surface area contributed by atoms with Crippen LogP contribution in [0.15, 0.2) is 30.3 Å². The van der Waals surface area contributed by atoms with E-state index in [2.05, 4.69) is 15.7 Å². The summed E-state index contributed by atoms with van der Waals surface area (Å²) in [5, 5.41) is 18.8. The Balaban J connectivity index is 1.83. The van der Waals surface area contributed by atoms with Gasteiger partial charge in [0.25, 0.3) is 0 Å². The van der Waals surface area contributed by atoms with Crippen molar-refractivity contribution in [3.63, 3.8) is 0 Å². The van der Waals surface area contributed by atoms with Crippen LogP contribution < -0.4 is 10.6 Å². The van der Waals surface area contributed by atoms with Gasteiger partial charge in [0.05, 0.1) is 21.1 Å². The van der Waals surface area contributed by atoms with Gasteiger partial charge in [-0.25, -0.2) is 4.39 Å². The monoisotopic (exact) mass is 490 g/mol. The van der Waals surface area contributed by atoms with Gasteiger partial charge < -0.3 is 15.7 Å². The lowest BCUT2D eigenvalue weighted by Crippen LogP contribution is -2.39. The van der Waals surface area contributed by atoms with Crippen LogP contribution in [0.2, 0.25) is 10.0 Å². The first kappa shape index (κ1) is 22.6. The van der Waals surface area contributed by atoms with E-state index in [1.165, 1.54) is 30.3 Å². The van der Waals surface area contributed by atoms with Crippen molar-refractivity contribution in [3.8, 4) is 0 Å². The summed E-state index contributed by atoms with van der Waals surface area (Å²) in [4.78, 5) is 11.1. The molecule has 1 aliphatic rings. The molecule has 3 N–H and O–H groups in total. The maximum absolute atomic E-state index is 14.8. The van der Waals surface area contributed by atoms with Crippen LogP contribution in [0.4, 0.5) is 23.2 Å². The van der Waals surface area contributed by atoms with Crippen molar-refractivity contribution in [2.45, 2.75) is 24.7 Å². The molecule has 170 valence electrons. The third kappa shape index (κ3) is 3.98. The highest BCUT2D eigenvalue weighted by Crippen LogP contribution is 2.42. The summed E-state index contributed by atoms with van der Waals surface area (Å²) >= 11 is 12.4. The molecule has 0 radical (unpaired) electrons. The molecule has 12 heteroatoms. The molecule has 1 aliphatic heterocycles. The zero-order valence-corrected chi connectivity index (χ0v) is 17.7. The average Bonchev–Trinajstić information content (AvgIpc) is 3.30. The Morgan fingerprint density at radius 3 is 2.66 bits per heavy atom. The molecule has 0 amide bonds. The van der Waals surface area contributed by atoms with Gasteiger partial charge in [0.15, 0.2) is 5.69 Å². The van der Waals surface area contributed by atoms with Crippen LogP contribution in [-0.4, -0.2) is 33.9 Å². The molecule has 32 heavy (non-hydrogen) atoms. The first-order valence-electron chi connectivity index (χ1n) is 9.44. The lowest BCUT2D eigenvalue weighted by molar-refractivity contribution is -0.142. The van der Waals surface area contributed by atoms with Crippen LogP contribution in [0.25, 0.3) is 10.9 Å². The number of anilines is 1. The summed E-state index contributed by atoms with van der Waals surface area (Å²) in [7, 11) is 0. The van der Waals surface area contributed by atoms with Crippen molar-refractivity contribution in [1.82, 2.24) is 15.1 Å². The zero-order chi connectivity index (χ0) is 23.3. The molecule has 0 saturated carbocycles. The van der Waals surface area contributed by atoms with Crippen LogP contribution in [0.3, 0.4) is 0 Å². The highest BCUT2D eigenvalue weighted by atomic mass is 35.5. The van der Waals surface area contributed by atoms with Crippen molar-refractivity contribution < 1.29 is 27.5 Å². The molecule has 0 aliphatic carbocycles. The summed E-state index contributed by atoms with van der Waals surface area (Å²) in [5.41, 5.74) is -1.74. The highest BCUT2D eigenvalue weighted by molar-refractivity contribution is 6.42. The fourth-order valence-electron chi connectivity index (χ4n) is 4.03. The third-order valence-corrected chi connectivity index (χ3v) is 6.17. The largest absolute Gasteiger partial charge is 0.480 e. The number of rotatable bonds is 5. The van der Waals surface area contributed by atoms with Crippen molar-refractivity contribution in [3.05, 3.63) is 57.5 Å². The average molecular weight is 491 g/mol. The minimum absolute atomic E-state index is 0.0245. The Morgan fingerprint density at radius 1 is 1.28 bits per heavy atom. The number of nitrogens with zero attached hydrogens (tertiary/aromatic N) is 2. The van der Waals surface area contributed by atoms with Crippen LogP contribution in [-0.2, 0) is 23.1 Å². The number of carboxylic acids is 1. The van der Waals surface area contributed by atoms with E-state index in [0.717, 1.165) is 4.68 Å². The molecule has 2 heterocycles. The van der Waals surface area contributed by atoms with E-state index in [1.54, 1.807) is 0 Å². The van der Waals surface area contributed by atoms with Crippen LogP contribution in [0.1, 0.15) is 17.7 Å². The molecule has 1 atom stereocenters. The second kappa shape index (κ2) is 8.09. The van der Waals surface area contributed by atoms with Gasteiger partial charge in [0, 0.05) is 23.2 Å². The number of halogens is 6. The Labute approximate surface area is 189 Å². The van der Waals surface area contributed by atoms with Crippen LogP contribution >= 0.6 is 23.2 Å². The maximum Gasteiger partial charge on any atom is 0.435 e. The van der Waals surface area contributed by atoms with E-state index in [0.29, 0.717) is 18.7 Å². The van der Waals surface area contributed by atoms with E-state index >= 15 is 0 Å². The summed E-state index contributed by atoms with van der Waals surface area (Å²) in [6, 6.07) is 6.51. The van der Waals surface area contributed by atoms with Gasteiger partial charge in [-0.1, -0.05) is 23.2 Å². The molecule has 2 aromatic carbocycles. The molecular formula is C20H16Cl2F4N4O2. The lowest BCUT2D eigenvalue weighted by Gasteiger charge is -2.33. The van der Waals surface area contributed by atoms with Crippen LogP contribution in [0, 0.1) is 5.82 Å². The Bertz CT molecular complexity index is 1210. The fraction of sp³-hybridized carbons (Fsp3) is 0.300. The normalized spacial score (nSPS) is 18.9. The van der Waals surface area contributed by atoms with Crippen LogP contribution in [0.5, 0.6) is 0 Å². The second-order valence-corrected chi connectivity index (χ2v) is 8.27. The standard InChI is InChI=1S/C20H16Cl2F4N4O2/c21-12-3-4-13(23)16(17(12)22)19(5-6-27-9-19)28-10-1-2-11-14(7-10)30(8-15(31)32)29-18(11)20(24,25)26/h1-4,7,27-28H,5-6,8-9H2,(H,31,32). The summed E-state index contributed by atoms with van der Waals surface area (Å²) in [5.74, 6) is -1.92. The predicted molar refractivity (Wildman–Crippen MR) is 112 cm³/mol. The maximum atomic E-state index is 14.8. The molecule has 0 spiro atoms. The molecule has 1 saturated heterocycles. The van der Waals surface area contributed by atoms with Gasteiger partial charge in [0.1, 0.15) is 12.4 Å². The topological polar surface area (TPSA) is 79.2 Å². The minimum atomic E-state index is -4.76. The fourth-order valence-corrected chi connectivity index (χ4v) is 4.52. The first-order valence-corrected chi connectivity index (χ1v) is 10.2. The second-order valence-electron chi connectivity index (χ2n) is 7.48. The third-order valence-electron chi connectivity index (χ3n) is 5.37. The van der Waals surface area contributed by atoms with E-state index in [-0.39, 0.29) is 33.1 Å². The number of alkyl halides is 3. The van der Waals surface area contributed by atoms with E-state index in [1.807, 2.05) is 0 Å². The van der Waals surface area contributed by atoms with Gasteiger partial charge in [-0.05, 0) is 43.3 Å². The number of hydrogen-bond donors (Lipinski definition) is 3. The molecule has 1 unspecified atom stereocenters. The quantitative estimate of drug-likeness (QED) is 0.350. The number of nitrogens with one attached hydrogen (secondary N) is 2. The molecular weight excluding hydrogens is 475 g/mol. The molecule has 1 aromatic heterocycles. The van der Waals surface area contributed by atoms with Gasteiger partial charge in [-0.2, -0.15) is 18.3 Å². The minimum Gasteiger partial charge on any atom is -0.480 e. The number of hydrogen-bond acceptors (Lipinski definition) is 4. The summed E-state index contributed by atoms with van der Waals surface area (Å²) < 4.78 is 55.8. The van der Waals surface area contributed by atoms with Gasteiger partial charge in [-0.15, -0.1) is 0 Å². The molecule has 0 bridgehead atoms. The number of benzene rings is 2. The number of carbonyl (C=O) groups is 1. The van der Waals surface area contributed by atoms with E-state index in [4.69, 9.17) is 28.3 Å². The number of fused-ring (bicyclic) bond motifs is 1. The number of aromatic nitrogens is 2. The predicted octanol–water partition coefficient (Wildman–Crippen LogP) is 4.89. The Hall–Kier alpha value is -2.56. The first-order chi connectivity index (χ1) is 15.0. The smallest absolute Gasteiger partial charge is 0.435 e. The lowest BCUT2D eigenvalue weighted by atomic mass is 9.88. The Morgan fingerprint density at radius 2 is 2.03 bits per heavy atom. The van der Waals surface area contributed by atoms with Crippen molar-refractivity contribution in [2.75, 3.05) is 18.4 Å². The molecule has 3 aromatic rings. The molecule has 4 rings (SSSR count). The Kier molecular flexibility index (Phi) is 5.72. The van der Waals surface area contributed by atoms with Crippen molar-refractivity contribution >= 4 is 45.8 Å².